The van der Waals surface area contributed by atoms with Crippen LogP contribution in [0.1, 0.15) is 15.3 Å². The van der Waals surface area contributed by atoms with Crippen LogP contribution in [0.25, 0.3) is 0 Å². The molecule has 3 rings (SSSR count). The highest BCUT2D eigenvalue weighted by atomic mass is 32.2. The molecular weight excluding hydrogens is 347 g/mol. The van der Waals surface area contributed by atoms with Crippen LogP contribution in [-0.2, 0) is 16.6 Å². The first kappa shape index (κ1) is 17.5. The molecule has 0 N–H and O–H groups in total. The van der Waals surface area contributed by atoms with Gasteiger partial charge in [-0.2, -0.15) is 4.31 Å². The minimum absolute atomic E-state index is 0.240. The summed E-state index contributed by atoms with van der Waals surface area (Å²) in [5, 5.41) is 0. The molecule has 0 spiro atoms. The Kier molecular flexibility index (Phi) is 5.05. The Hall–Kier alpha value is -1.28. The zero-order chi connectivity index (χ0) is 17.3. The van der Waals surface area contributed by atoms with Crippen molar-refractivity contribution < 1.29 is 12.8 Å². The summed E-state index contributed by atoms with van der Waals surface area (Å²) in [4.78, 5) is 4.50. The second-order valence-corrected chi connectivity index (χ2v) is 9.45. The van der Waals surface area contributed by atoms with Gasteiger partial charge in [-0.05, 0) is 37.6 Å². The quantitative estimate of drug-likeness (QED) is 0.833. The lowest BCUT2D eigenvalue weighted by Gasteiger charge is -2.34. The number of thiophene rings is 1. The van der Waals surface area contributed by atoms with E-state index in [1.165, 1.54) is 23.5 Å². The van der Waals surface area contributed by atoms with Crippen LogP contribution in [0.2, 0.25) is 0 Å². The summed E-state index contributed by atoms with van der Waals surface area (Å²) in [6, 6.07) is 8.22. The predicted octanol–water partition coefficient (Wildman–Crippen LogP) is 3.01. The number of benzene rings is 1. The zero-order valence-electron chi connectivity index (χ0n) is 13.8. The number of aryl methyl sites for hydroxylation is 2. The lowest BCUT2D eigenvalue weighted by Crippen LogP contribution is -2.48. The van der Waals surface area contributed by atoms with Crippen LogP contribution in [0.3, 0.4) is 0 Å². The maximum atomic E-state index is 13.0. The number of hydrogen-bond donors (Lipinski definition) is 0. The maximum absolute atomic E-state index is 13.0. The average molecular weight is 368 g/mol. The molecule has 0 unspecified atom stereocenters. The maximum Gasteiger partial charge on any atom is 0.244 e. The number of hydrogen-bond acceptors (Lipinski definition) is 4. The van der Waals surface area contributed by atoms with Gasteiger partial charge in [0, 0.05) is 42.5 Å². The fourth-order valence-corrected chi connectivity index (χ4v) is 5.92. The zero-order valence-corrected chi connectivity index (χ0v) is 15.5. The number of halogens is 1. The van der Waals surface area contributed by atoms with Gasteiger partial charge in [0.05, 0.1) is 4.90 Å². The van der Waals surface area contributed by atoms with Gasteiger partial charge < -0.3 is 0 Å². The lowest BCUT2D eigenvalue weighted by atomic mass is 10.2. The molecule has 130 valence electrons. The molecule has 1 aromatic heterocycles. The summed E-state index contributed by atoms with van der Waals surface area (Å²) in [5.74, 6) is -0.240. The molecule has 0 amide bonds. The minimum atomic E-state index is -3.41. The molecule has 2 aromatic rings. The molecule has 0 saturated carbocycles. The van der Waals surface area contributed by atoms with E-state index in [1.807, 2.05) is 13.8 Å². The second kappa shape index (κ2) is 6.92. The van der Waals surface area contributed by atoms with E-state index in [1.54, 1.807) is 22.5 Å². The lowest BCUT2D eigenvalue weighted by molar-refractivity contribution is 0.181. The van der Waals surface area contributed by atoms with Crippen molar-refractivity contribution in [3.05, 3.63) is 51.5 Å². The molecule has 1 aromatic carbocycles. The van der Waals surface area contributed by atoms with E-state index in [4.69, 9.17) is 0 Å². The van der Waals surface area contributed by atoms with Crippen molar-refractivity contribution in [1.82, 2.24) is 9.21 Å². The minimum Gasteiger partial charge on any atom is -0.296 e. The van der Waals surface area contributed by atoms with Gasteiger partial charge in [-0.1, -0.05) is 12.1 Å². The molecule has 0 aliphatic carbocycles. The molecule has 1 saturated heterocycles. The molecule has 0 radical (unpaired) electrons. The SMILES string of the molecule is Cc1cc(S(=O)(=O)N2CCN(Cc3ccc(F)cc3)CC2)c(C)s1. The molecule has 0 atom stereocenters. The van der Waals surface area contributed by atoms with E-state index in [0.717, 1.165) is 15.3 Å². The fraction of sp³-hybridized carbons (Fsp3) is 0.412. The van der Waals surface area contributed by atoms with Crippen LogP contribution in [0.15, 0.2) is 35.2 Å². The number of piperazine rings is 1. The molecule has 1 aliphatic heterocycles. The van der Waals surface area contributed by atoms with E-state index < -0.39 is 10.0 Å². The monoisotopic (exact) mass is 368 g/mol. The van der Waals surface area contributed by atoms with E-state index in [2.05, 4.69) is 4.90 Å². The standard InChI is InChI=1S/C17H21FN2O2S2/c1-13-11-17(14(2)23-13)24(21,22)20-9-7-19(8-10-20)12-15-3-5-16(18)6-4-15/h3-6,11H,7-10,12H2,1-2H3. The fourth-order valence-electron chi connectivity index (χ4n) is 2.98. The molecule has 2 heterocycles. The largest absolute Gasteiger partial charge is 0.296 e. The summed E-state index contributed by atoms with van der Waals surface area (Å²) in [6.45, 7) is 6.82. The number of rotatable bonds is 4. The third-order valence-electron chi connectivity index (χ3n) is 4.26. The van der Waals surface area contributed by atoms with Gasteiger partial charge in [0.25, 0.3) is 0 Å². The summed E-state index contributed by atoms with van der Waals surface area (Å²) in [6.07, 6.45) is 0. The van der Waals surface area contributed by atoms with Crippen LogP contribution in [-0.4, -0.2) is 43.8 Å². The highest BCUT2D eigenvalue weighted by molar-refractivity contribution is 7.89. The van der Waals surface area contributed by atoms with Gasteiger partial charge in [-0.25, -0.2) is 12.8 Å². The Morgan fingerprint density at radius 3 is 2.25 bits per heavy atom. The molecule has 4 nitrogen and oxygen atoms in total. The first-order valence-corrected chi connectivity index (χ1v) is 10.2. The molecule has 1 aliphatic rings. The van der Waals surface area contributed by atoms with Crippen LogP contribution in [0.4, 0.5) is 4.39 Å². The van der Waals surface area contributed by atoms with Crippen LogP contribution in [0, 0.1) is 19.7 Å². The normalized spacial score (nSPS) is 17.3. The first-order chi connectivity index (χ1) is 11.4. The molecule has 24 heavy (non-hydrogen) atoms. The third-order valence-corrected chi connectivity index (χ3v) is 7.38. The van der Waals surface area contributed by atoms with Crippen molar-refractivity contribution in [2.75, 3.05) is 26.2 Å². The van der Waals surface area contributed by atoms with Gasteiger partial charge in [-0.3, -0.25) is 4.90 Å². The number of sulfonamides is 1. The summed E-state index contributed by atoms with van der Waals surface area (Å²) in [5.41, 5.74) is 1.04. The van der Waals surface area contributed by atoms with E-state index >= 15 is 0 Å². The van der Waals surface area contributed by atoms with Crippen molar-refractivity contribution >= 4 is 21.4 Å². The van der Waals surface area contributed by atoms with Gasteiger partial charge in [0.15, 0.2) is 0 Å². The van der Waals surface area contributed by atoms with Crippen LogP contribution >= 0.6 is 11.3 Å². The predicted molar refractivity (Wildman–Crippen MR) is 94.2 cm³/mol. The Bertz CT molecular complexity index is 808. The van der Waals surface area contributed by atoms with Gasteiger partial charge in [0.1, 0.15) is 5.82 Å². The van der Waals surface area contributed by atoms with Gasteiger partial charge in [0.2, 0.25) is 10.0 Å². The van der Waals surface area contributed by atoms with Gasteiger partial charge >= 0.3 is 0 Å². The van der Waals surface area contributed by atoms with Crippen molar-refractivity contribution in [3.8, 4) is 0 Å². The highest BCUT2D eigenvalue weighted by Gasteiger charge is 2.30. The smallest absolute Gasteiger partial charge is 0.244 e. The van der Waals surface area contributed by atoms with Crippen molar-refractivity contribution in [2.24, 2.45) is 0 Å². The molecule has 1 fully saturated rings. The summed E-state index contributed by atoms with van der Waals surface area (Å²) in [7, 11) is -3.41. The van der Waals surface area contributed by atoms with Crippen molar-refractivity contribution in [1.29, 1.82) is 0 Å². The summed E-state index contributed by atoms with van der Waals surface area (Å²) >= 11 is 1.52. The van der Waals surface area contributed by atoms with Crippen LogP contribution < -0.4 is 0 Å². The van der Waals surface area contributed by atoms with E-state index in [-0.39, 0.29) is 5.82 Å². The van der Waals surface area contributed by atoms with E-state index in [9.17, 15) is 12.8 Å². The van der Waals surface area contributed by atoms with E-state index in [0.29, 0.717) is 37.6 Å². The molecule has 7 heteroatoms. The van der Waals surface area contributed by atoms with Crippen LogP contribution in [0.5, 0.6) is 0 Å². The Morgan fingerprint density at radius 1 is 1.08 bits per heavy atom. The Morgan fingerprint density at radius 2 is 1.71 bits per heavy atom. The number of nitrogens with zero attached hydrogens (tertiary/aromatic N) is 2. The Labute approximate surface area is 146 Å². The molecule has 0 bridgehead atoms. The Balaban J connectivity index is 1.64. The van der Waals surface area contributed by atoms with Gasteiger partial charge in [-0.15, -0.1) is 11.3 Å². The summed E-state index contributed by atoms with van der Waals surface area (Å²) < 4.78 is 40.1. The van der Waals surface area contributed by atoms with Crippen molar-refractivity contribution in [2.45, 2.75) is 25.3 Å². The highest BCUT2D eigenvalue weighted by Crippen LogP contribution is 2.28. The molecular formula is C17H21FN2O2S2. The average Bonchev–Trinajstić information content (AvgIpc) is 2.89. The second-order valence-electron chi connectivity index (χ2n) is 6.08. The first-order valence-electron chi connectivity index (χ1n) is 7.90. The third kappa shape index (κ3) is 3.69. The topological polar surface area (TPSA) is 40.6 Å². The van der Waals surface area contributed by atoms with Crippen molar-refractivity contribution in [3.63, 3.8) is 0 Å².